The second kappa shape index (κ2) is 7.89. The van der Waals surface area contributed by atoms with Crippen LogP contribution in [-0.2, 0) is 29.1 Å². The molecule has 0 spiro atoms. The van der Waals surface area contributed by atoms with Crippen LogP contribution in [0.25, 0.3) is 0 Å². The lowest BCUT2D eigenvalue weighted by Gasteiger charge is -2.36. The first kappa shape index (κ1) is 20.3. The van der Waals surface area contributed by atoms with Crippen LogP contribution in [0.4, 0.5) is 0 Å². The van der Waals surface area contributed by atoms with Crippen LogP contribution in [0, 0.1) is 12.8 Å². The summed E-state index contributed by atoms with van der Waals surface area (Å²) in [6.07, 6.45) is 2.42. The largest absolute Gasteiger partial charge is 0.466 e. The lowest BCUT2D eigenvalue weighted by molar-refractivity contribution is -0.140. The van der Waals surface area contributed by atoms with E-state index in [1.807, 2.05) is 13.0 Å². The number of methoxy groups -OCH3 is 2. The Morgan fingerprint density at radius 2 is 1.71 bits per heavy atom. The molecule has 7 nitrogen and oxygen atoms in total. The molecule has 1 fully saturated rings. The zero-order chi connectivity index (χ0) is 20.5. The van der Waals surface area contributed by atoms with E-state index in [4.69, 9.17) is 9.47 Å². The Morgan fingerprint density at radius 3 is 2.32 bits per heavy atom. The minimum atomic E-state index is -3.64. The number of hydrogen-bond acceptors (Lipinski definition) is 6. The quantitative estimate of drug-likeness (QED) is 0.562. The van der Waals surface area contributed by atoms with E-state index in [0.29, 0.717) is 6.42 Å². The fourth-order valence-electron chi connectivity index (χ4n) is 3.70. The molecule has 3 rings (SSSR count). The highest BCUT2D eigenvalue weighted by atomic mass is 32.2. The second-order valence-corrected chi connectivity index (χ2v) is 8.79. The number of rotatable bonds is 4. The predicted molar refractivity (Wildman–Crippen MR) is 102 cm³/mol. The number of nitrogens with zero attached hydrogens (tertiary/aromatic N) is 1. The van der Waals surface area contributed by atoms with E-state index in [9.17, 15) is 18.0 Å². The van der Waals surface area contributed by atoms with Crippen LogP contribution in [-0.4, -0.2) is 52.0 Å². The van der Waals surface area contributed by atoms with E-state index in [1.54, 1.807) is 24.3 Å². The summed E-state index contributed by atoms with van der Waals surface area (Å²) in [5.74, 6) is -1.49. The molecule has 150 valence electrons. The second-order valence-electron chi connectivity index (χ2n) is 6.85. The molecule has 1 aromatic rings. The van der Waals surface area contributed by atoms with Gasteiger partial charge in [-0.3, -0.25) is 0 Å². The number of fused-ring (bicyclic) bond motifs is 1. The molecule has 1 aromatic carbocycles. The van der Waals surface area contributed by atoms with Gasteiger partial charge in [-0.05, 0) is 31.9 Å². The third-order valence-electron chi connectivity index (χ3n) is 5.21. The zero-order valence-corrected chi connectivity index (χ0v) is 16.9. The van der Waals surface area contributed by atoms with Gasteiger partial charge in [-0.25, -0.2) is 18.0 Å². The first-order valence-electron chi connectivity index (χ1n) is 8.95. The molecule has 0 saturated carbocycles. The van der Waals surface area contributed by atoms with Gasteiger partial charge in [-0.1, -0.05) is 29.3 Å². The van der Waals surface area contributed by atoms with Crippen molar-refractivity contribution < 1.29 is 27.5 Å². The topological polar surface area (TPSA) is 90.0 Å². The minimum absolute atomic E-state index is 0.176. The third kappa shape index (κ3) is 3.62. The molecule has 8 heteroatoms. The van der Waals surface area contributed by atoms with Crippen molar-refractivity contribution in [2.45, 2.75) is 24.7 Å². The Hall–Kier alpha value is -2.45. The van der Waals surface area contributed by atoms with E-state index in [0.717, 1.165) is 11.1 Å². The van der Waals surface area contributed by atoms with Crippen molar-refractivity contribution in [2.24, 2.45) is 5.92 Å². The Labute approximate surface area is 164 Å². The molecule has 1 saturated heterocycles. The Morgan fingerprint density at radius 1 is 1.07 bits per heavy atom. The molecular weight excluding hydrogens is 382 g/mol. The molecule has 0 amide bonds. The van der Waals surface area contributed by atoms with Crippen molar-refractivity contribution in [3.8, 4) is 0 Å². The number of allylic oxidation sites excluding steroid dienone is 1. The van der Waals surface area contributed by atoms with E-state index in [2.05, 4.69) is 0 Å². The maximum absolute atomic E-state index is 13.0. The number of carbonyl (C=O) groups excluding carboxylic acids is 2. The number of hydrogen-bond donors (Lipinski definition) is 0. The Kier molecular flexibility index (Phi) is 5.71. The molecule has 1 atom stereocenters. The van der Waals surface area contributed by atoms with E-state index < -0.39 is 22.0 Å². The van der Waals surface area contributed by atoms with Crippen molar-refractivity contribution in [3.63, 3.8) is 0 Å². The van der Waals surface area contributed by atoms with Gasteiger partial charge < -0.3 is 9.47 Å². The van der Waals surface area contributed by atoms with Crippen molar-refractivity contribution in [2.75, 3.05) is 27.3 Å². The summed E-state index contributed by atoms with van der Waals surface area (Å²) in [4.78, 5) is 24.7. The fraction of sp³-hybridized carbons (Fsp3) is 0.400. The van der Waals surface area contributed by atoms with Crippen molar-refractivity contribution in [3.05, 3.63) is 52.6 Å². The smallest absolute Gasteiger partial charge is 0.334 e. The van der Waals surface area contributed by atoms with Crippen LogP contribution in [0.5, 0.6) is 0 Å². The first-order chi connectivity index (χ1) is 13.3. The van der Waals surface area contributed by atoms with Gasteiger partial charge in [-0.2, -0.15) is 4.31 Å². The molecule has 0 N–H and O–H groups in total. The molecule has 1 heterocycles. The normalized spacial score (nSPS) is 20.2. The van der Waals surface area contributed by atoms with Gasteiger partial charge in [-0.15, -0.1) is 0 Å². The van der Waals surface area contributed by atoms with Crippen LogP contribution in [0.3, 0.4) is 0 Å². The van der Waals surface area contributed by atoms with E-state index in [-0.39, 0.29) is 41.5 Å². The highest BCUT2D eigenvalue weighted by molar-refractivity contribution is 7.89. The molecule has 1 aliphatic carbocycles. The van der Waals surface area contributed by atoms with Crippen LogP contribution in [0.15, 0.2) is 52.0 Å². The number of piperidine rings is 1. The standard InChI is InChI=1S/C20H23NO6S/c1-13-4-7-15(8-5-13)28(24,25)21-11-10-16-14(12-21)6-9-17(19(22)26-2)18(16)20(23)27-3/h4-8,16H,9-12H2,1-3H3. The number of sulfonamides is 1. The molecule has 1 aliphatic heterocycles. The first-order valence-corrected chi connectivity index (χ1v) is 10.4. The molecule has 0 radical (unpaired) electrons. The number of carbonyl (C=O) groups is 2. The molecule has 1 unspecified atom stereocenters. The van der Waals surface area contributed by atoms with Crippen molar-refractivity contribution in [1.82, 2.24) is 4.31 Å². The summed E-state index contributed by atoms with van der Waals surface area (Å²) in [6, 6.07) is 6.72. The van der Waals surface area contributed by atoms with Gasteiger partial charge >= 0.3 is 11.9 Å². The molecule has 0 bridgehead atoms. The van der Waals surface area contributed by atoms with Crippen LogP contribution < -0.4 is 0 Å². The highest BCUT2D eigenvalue weighted by Gasteiger charge is 2.39. The average molecular weight is 405 g/mol. The van der Waals surface area contributed by atoms with E-state index in [1.165, 1.54) is 18.5 Å². The highest BCUT2D eigenvalue weighted by Crippen LogP contribution is 2.38. The molecule has 0 aromatic heterocycles. The lowest BCUT2D eigenvalue weighted by Crippen LogP contribution is -2.42. The van der Waals surface area contributed by atoms with Gasteiger partial charge in [0.15, 0.2) is 0 Å². The predicted octanol–water partition coefficient (Wildman–Crippen LogP) is 1.98. The summed E-state index contributed by atoms with van der Waals surface area (Å²) in [5.41, 5.74) is 2.34. The number of ether oxygens (including phenoxy) is 2. The van der Waals surface area contributed by atoms with Crippen molar-refractivity contribution in [1.29, 1.82) is 0 Å². The average Bonchev–Trinajstić information content (AvgIpc) is 2.71. The van der Waals surface area contributed by atoms with Gasteiger partial charge in [0.1, 0.15) is 0 Å². The maximum Gasteiger partial charge on any atom is 0.334 e. The van der Waals surface area contributed by atoms with Gasteiger partial charge in [0.05, 0.1) is 30.3 Å². The van der Waals surface area contributed by atoms with Crippen LogP contribution >= 0.6 is 0 Å². The Balaban J connectivity index is 1.89. The minimum Gasteiger partial charge on any atom is -0.466 e. The summed E-state index contributed by atoms with van der Waals surface area (Å²) in [5, 5.41) is 0. The molecular formula is C20H23NO6S. The summed E-state index contributed by atoms with van der Waals surface area (Å²) >= 11 is 0. The van der Waals surface area contributed by atoms with Gasteiger partial charge in [0.2, 0.25) is 10.0 Å². The van der Waals surface area contributed by atoms with E-state index >= 15 is 0 Å². The van der Waals surface area contributed by atoms with Crippen LogP contribution in [0.2, 0.25) is 0 Å². The summed E-state index contributed by atoms with van der Waals surface area (Å²) in [7, 11) is -1.11. The number of esters is 2. The van der Waals surface area contributed by atoms with Gasteiger partial charge in [0.25, 0.3) is 0 Å². The van der Waals surface area contributed by atoms with Crippen molar-refractivity contribution >= 4 is 22.0 Å². The monoisotopic (exact) mass is 405 g/mol. The summed E-state index contributed by atoms with van der Waals surface area (Å²) < 4.78 is 37.1. The SMILES string of the molecule is COC(=O)C1=C(C(=O)OC)C2CCN(S(=O)(=O)c3ccc(C)cc3)CC2=CC1. The van der Waals surface area contributed by atoms with Gasteiger partial charge in [0, 0.05) is 19.0 Å². The fourth-order valence-corrected chi connectivity index (χ4v) is 5.14. The zero-order valence-electron chi connectivity index (χ0n) is 16.1. The molecule has 2 aliphatic rings. The summed E-state index contributed by atoms with van der Waals surface area (Å²) in [6.45, 7) is 2.32. The lowest BCUT2D eigenvalue weighted by atomic mass is 9.78. The van der Waals surface area contributed by atoms with Crippen LogP contribution in [0.1, 0.15) is 18.4 Å². The number of benzene rings is 1. The molecule has 28 heavy (non-hydrogen) atoms. The number of aryl methyl sites for hydroxylation is 1. The maximum atomic E-state index is 13.0. The third-order valence-corrected chi connectivity index (χ3v) is 7.07. The Bertz CT molecular complexity index is 959.